The number of benzene rings is 2. The minimum Gasteiger partial charge on any atom is -0.406 e. The number of ether oxygens (including phenoxy) is 1. The highest BCUT2D eigenvalue weighted by Gasteiger charge is 2.30. The monoisotopic (exact) mass is 408 g/mol. The minimum atomic E-state index is -4.73. The summed E-state index contributed by atoms with van der Waals surface area (Å²) in [5.74, 6) is 0.235. The largest absolute Gasteiger partial charge is 0.573 e. The third kappa shape index (κ3) is 5.75. The van der Waals surface area contributed by atoms with E-state index in [0.717, 1.165) is 5.56 Å². The van der Waals surface area contributed by atoms with Gasteiger partial charge in [-0.2, -0.15) is 4.98 Å². The van der Waals surface area contributed by atoms with Gasteiger partial charge in [0.25, 0.3) is 5.69 Å². The van der Waals surface area contributed by atoms with Crippen molar-refractivity contribution in [2.24, 2.45) is 0 Å². The van der Waals surface area contributed by atoms with E-state index in [9.17, 15) is 23.3 Å². The maximum atomic E-state index is 12.2. The highest BCUT2D eigenvalue weighted by Crippen LogP contribution is 2.24. The zero-order valence-electron chi connectivity index (χ0n) is 15.1. The Balaban J connectivity index is 1.61. The summed E-state index contributed by atoms with van der Waals surface area (Å²) in [4.78, 5) is 16.4. The molecule has 0 amide bonds. The Hall–Kier alpha value is -3.47. The summed E-state index contributed by atoms with van der Waals surface area (Å²) in [7, 11) is 1.78. The first-order chi connectivity index (χ1) is 13.7. The third-order valence-electron chi connectivity index (χ3n) is 3.80. The van der Waals surface area contributed by atoms with Crippen LogP contribution in [0, 0.1) is 10.1 Å². The van der Waals surface area contributed by atoms with Crippen molar-refractivity contribution in [2.45, 2.75) is 19.5 Å². The number of hydrogen-bond donors (Lipinski definition) is 0. The van der Waals surface area contributed by atoms with E-state index in [1.54, 1.807) is 13.1 Å². The van der Waals surface area contributed by atoms with Gasteiger partial charge >= 0.3 is 6.36 Å². The molecule has 0 atom stereocenters. The van der Waals surface area contributed by atoms with E-state index in [0.29, 0.717) is 18.0 Å². The molecule has 0 aliphatic heterocycles. The molecule has 11 heteroatoms. The van der Waals surface area contributed by atoms with Crippen molar-refractivity contribution >= 4 is 5.69 Å². The van der Waals surface area contributed by atoms with Crippen molar-refractivity contribution in [3.8, 4) is 17.1 Å². The molecule has 0 saturated carbocycles. The summed E-state index contributed by atoms with van der Waals surface area (Å²) in [5, 5.41) is 14.7. The minimum absolute atomic E-state index is 0.0797. The van der Waals surface area contributed by atoms with Gasteiger partial charge in [-0.05, 0) is 24.7 Å². The van der Waals surface area contributed by atoms with Crippen LogP contribution in [0.1, 0.15) is 11.5 Å². The van der Waals surface area contributed by atoms with Gasteiger partial charge < -0.3 is 9.26 Å². The van der Waals surface area contributed by atoms with Crippen LogP contribution in [0.5, 0.6) is 5.75 Å². The first-order valence-electron chi connectivity index (χ1n) is 8.30. The SMILES string of the molecule is CN(Cc1ccc(OC(F)(F)F)cc1)Cc1nc(-c2cccc([N+](=O)[O-])c2)no1. The molecule has 2 aromatic carbocycles. The molecule has 0 unspecified atom stereocenters. The zero-order chi connectivity index (χ0) is 21.0. The van der Waals surface area contributed by atoms with Gasteiger partial charge in [0.05, 0.1) is 11.5 Å². The smallest absolute Gasteiger partial charge is 0.406 e. The predicted octanol–water partition coefficient (Wildman–Crippen LogP) is 4.18. The van der Waals surface area contributed by atoms with Gasteiger partial charge in [-0.3, -0.25) is 15.0 Å². The van der Waals surface area contributed by atoms with E-state index in [1.165, 1.54) is 42.5 Å². The first kappa shape index (κ1) is 20.3. The number of nitrogens with zero attached hydrogens (tertiary/aromatic N) is 4. The number of nitro benzene ring substituents is 1. The molecule has 8 nitrogen and oxygen atoms in total. The lowest BCUT2D eigenvalue weighted by atomic mass is 10.2. The molecule has 3 aromatic rings. The van der Waals surface area contributed by atoms with E-state index in [4.69, 9.17) is 4.52 Å². The number of non-ortho nitro benzene ring substituents is 1. The van der Waals surface area contributed by atoms with Gasteiger partial charge in [-0.25, -0.2) is 0 Å². The fourth-order valence-electron chi connectivity index (χ4n) is 2.59. The van der Waals surface area contributed by atoms with Crippen LogP contribution in [0.4, 0.5) is 18.9 Å². The molecule has 3 rings (SSSR count). The average Bonchev–Trinajstić information content (AvgIpc) is 3.10. The molecule has 1 aromatic heterocycles. The van der Waals surface area contributed by atoms with Crippen LogP contribution in [0.2, 0.25) is 0 Å². The average molecular weight is 408 g/mol. The van der Waals surface area contributed by atoms with Crippen molar-refractivity contribution in [3.05, 3.63) is 70.1 Å². The van der Waals surface area contributed by atoms with E-state index >= 15 is 0 Å². The number of alkyl halides is 3. The van der Waals surface area contributed by atoms with Crippen LogP contribution in [0.3, 0.4) is 0 Å². The maximum Gasteiger partial charge on any atom is 0.573 e. The van der Waals surface area contributed by atoms with Gasteiger partial charge in [0.2, 0.25) is 11.7 Å². The Labute approximate surface area is 162 Å². The van der Waals surface area contributed by atoms with Gasteiger partial charge in [0.1, 0.15) is 5.75 Å². The summed E-state index contributed by atoms with van der Waals surface area (Å²) < 4.78 is 45.6. The molecule has 152 valence electrons. The number of rotatable bonds is 7. The van der Waals surface area contributed by atoms with E-state index in [2.05, 4.69) is 14.9 Å². The predicted molar refractivity (Wildman–Crippen MR) is 94.7 cm³/mol. The Morgan fingerprint density at radius 1 is 1.17 bits per heavy atom. The molecule has 0 bridgehead atoms. The molecule has 1 heterocycles. The van der Waals surface area contributed by atoms with Crippen molar-refractivity contribution in [2.75, 3.05) is 7.05 Å². The highest BCUT2D eigenvalue weighted by atomic mass is 19.4. The van der Waals surface area contributed by atoms with Crippen molar-refractivity contribution < 1.29 is 27.4 Å². The lowest BCUT2D eigenvalue weighted by molar-refractivity contribution is -0.384. The quantitative estimate of drug-likeness (QED) is 0.428. The van der Waals surface area contributed by atoms with Crippen molar-refractivity contribution in [3.63, 3.8) is 0 Å². The van der Waals surface area contributed by atoms with Gasteiger partial charge in [0, 0.05) is 24.2 Å². The van der Waals surface area contributed by atoms with Crippen molar-refractivity contribution in [1.29, 1.82) is 0 Å². The standard InChI is InChI=1S/C18H15F3N4O4/c1-24(10-12-5-7-15(8-6-12)28-18(19,20)21)11-16-22-17(23-29-16)13-3-2-4-14(9-13)25(26)27/h2-9H,10-11H2,1H3. The lowest BCUT2D eigenvalue weighted by Crippen LogP contribution is -2.18. The van der Waals surface area contributed by atoms with E-state index in [1.807, 2.05) is 4.90 Å². The molecule has 0 saturated heterocycles. The number of aromatic nitrogens is 2. The second-order valence-corrected chi connectivity index (χ2v) is 6.18. The normalized spacial score (nSPS) is 11.6. The molecule has 0 aliphatic rings. The fraction of sp³-hybridized carbons (Fsp3) is 0.222. The molecular formula is C18H15F3N4O4. The fourth-order valence-corrected chi connectivity index (χ4v) is 2.59. The van der Waals surface area contributed by atoms with Crippen LogP contribution in [-0.2, 0) is 13.1 Å². The molecular weight excluding hydrogens is 393 g/mol. The third-order valence-corrected chi connectivity index (χ3v) is 3.80. The maximum absolute atomic E-state index is 12.2. The summed E-state index contributed by atoms with van der Waals surface area (Å²) in [5.41, 5.74) is 1.14. The topological polar surface area (TPSA) is 94.5 Å². The Bertz CT molecular complexity index is 989. The van der Waals surface area contributed by atoms with Crippen molar-refractivity contribution in [1.82, 2.24) is 15.0 Å². The lowest BCUT2D eigenvalue weighted by Gasteiger charge is -2.15. The summed E-state index contributed by atoms with van der Waals surface area (Å²) >= 11 is 0. The molecule has 29 heavy (non-hydrogen) atoms. The summed E-state index contributed by atoms with van der Waals surface area (Å²) in [6.45, 7) is 0.698. The Kier molecular flexibility index (Phi) is 5.78. The van der Waals surface area contributed by atoms with E-state index in [-0.39, 0.29) is 23.8 Å². The molecule has 0 radical (unpaired) electrons. The Morgan fingerprint density at radius 3 is 2.55 bits per heavy atom. The molecule has 0 aliphatic carbocycles. The number of halogens is 3. The molecule has 0 spiro atoms. The van der Waals surface area contributed by atoms with Gasteiger partial charge in [-0.1, -0.05) is 29.4 Å². The molecule has 0 fully saturated rings. The summed E-state index contributed by atoms with van der Waals surface area (Å²) in [6.07, 6.45) is -4.73. The van der Waals surface area contributed by atoms with Crippen LogP contribution in [-0.4, -0.2) is 33.4 Å². The van der Waals surface area contributed by atoms with Crippen LogP contribution >= 0.6 is 0 Å². The number of hydrogen-bond acceptors (Lipinski definition) is 7. The van der Waals surface area contributed by atoms with Crippen LogP contribution < -0.4 is 4.74 Å². The second-order valence-electron chi connectivity index (χ2n) is 6.18. The zero-order valence-corrected chi connectivity index (χ0v) is 15.1. The second kappa shape index (κ2) is 8.27. The van der Waals surface area contributed by atoms with E-state index < -0.39 is 11.3 Å². The van der Waals surface area contributed by atoms with Gasteiger partial charge in [0.15, 0.2) is 0 Å². The number of nitro groups is 1. The summed E-state index contributed by atoms with van der Waals surface area (Å²) in [6, 6.07) is 11.4. The Morgan fingerprint density at radius 2 is 1.90 bits per heavy atom. The molecule has 0 N–H and O–H groups in total. The van der Waals surface area contributed by atoms with Crippen LogP contribution in [0.15, 0.2) is 53.1 Å². The van der Waals surface area contributed by atoms with Gasteiger partial charge in [-0.15, -0.1) is 13.2 Å². The first-order valence-corrected chi connectivity index (χ1v) is 8.30. The highest BCUT2D eigenvalue weighted by molar-refractivity contribution is 5.58. The van der Waals surface area contributed by atoms with Crippen LogP contribution in [0.25, 0.3) is 11.4 Å².